The number of hydrogen-bond donors (Lipinski definition) is 1. The van der Waals surface area contributed by atoms with Crippen molar-refractivity contribution < 1.29 is 9.72 Å². The summed E-state index contributed by atoms with van der Waals surface area (Å²) in [5.74, 6) is 0.544. The Morgan fingerprint density at radius 2 is 1.63 bits per heavy atom. The van der Waals surface area contributed by atoms with E-state index >= 15 is 0 Å². The van der Waals surface area contributed by atoms with Crippen molar-refractivity contribution >= 4 is 29.0 Å². The Morgan fingerprint density at radius 3 is 2.23 bits per heavy atom. The van der Waals surface area contributed by atoms with Gasteiger partial charge in [0.2, 0.25) is 5.91 Å². The number of nitrogens with zero attached hydrogens (tertiary/aromatic N) is 4. The van der Waals surface area contributed by atoms with Gasteiger partial charge in [0.05, 0.1) is 10.7 Å². The van der Waals surface area contributed by atoms with Crippen LogP contribution < -0.4 is 5.32 Å². The van der Waals surface area contributed by atoms with Gasteiger partial charge >= 0.3 is 0 Å². The van der Waals surface area contributed by atoms with Crippen molar-refractivity contribution in [2.75, 3.05) is 11.1 Å². The molecule has 1 heterocycles. The van der Waals surface area contributed by atoms with Crippen molar-refractivity contribution in [3.8, 4) is 17.1 Å². The number of anilines is 1. The number of rotatable bonds is 7. The number of benzene rings is 3. The average Bonchev–Trinajstić information content (AvgIpc) is 3.27. The monoisotopic (exact) mass is 487 g/mol. The van der Waals surface area contributed by atoms with E-state index in [1.807, 2.05) is 47.0 Å². The van der Waals surface area contributed by atoms with Gasteiger partial charge in [-0.1, -0.05) is 75.0 Å². The van der Waals surface area contributed by atoms with E-state index in [1.165, 1.54) is 41.6 Å². The fourth-order valence-corrected chi connectivity index (χ4v) is 4.23. The van der Waals surface area contributed by atoms with Crippen molar-refractivity contribution in [2.45, 2.75) is 31.3 Å². The van der Waals surface area contributed by atoms with Crippen LogP contribution in [0.2, 0.25) is 0 Å². The lowest BCUT2D eigenvalue weighted by Crippen LogP contribution is -2.14. The van der Waals surface area contributed by atoms with E-state index in [4.69, 9.17) is 0 Å². The molecule has 0 unspecified atom stereocenters. The number of nitro groups is 1. The Labute approximate surface area is 207 Å². The zero-order chi connectivity index (χ0) is 25.0. The molecule has 0 radical (unpaired) electrons. The van der Waals surface area contributed by atoms with E-state index < -0.39 is 4.92 Å². The lowest BCUT2D eigenvalue weighted by molar-refractivity contribution is -0.384. The number of non-ortho nitro benzene ring substituents is 1. The largest absolute Gasteiger partial charge is 0.325 e. The first-order valence-electron chi connectivity index (χ1n) is 11.0. The normalized spacial score (nSPS) is 11.3. The molecule has 1 amide bonds. The van der Waals surface area contributed by atoms with Crippen molar-refractivity contribution in [1.82, 2.24) is 14.8 Å². The maximum Gasteiger partial charge on any atom is 0.269 e. The fraction of sp³-hybridized carbons (Fsp3) is 0.192. The van der Waals surface area contributed by atoms with Crippen molar-refractivity contribution in [2.24, 2.45) is 0 Å². The molecular weight excluding hydrogens is 462 g/mol. The average molecular weight is 488 g/mol. The van der Waals surface area contributed by atoms with E-state index in [0.29, 0.717) is 16.7 Å². The first-order chi connectivity index (χ1) is 16.7. The number of hydrogen-bond acceptors (Lipinski definition) is 6. The van der Waals surface area contributed by atoms with Crippen LogP contribution in [0.15, 0.2) is 84.0 Å². The number of nitrogens with one attached hydrogen (secondary N) is 1. The fourth-order valence-electron chi connectivity index (χ4n) is 3.47. The molecule has 4 rings (SSSR count). The Bertz CT molecular complexity index is 1330. The molecule has 0 aliphatic rings. The van der Waals surface area contributed by atoms with Gasteiger partial charge in [-0.2, -0.15) is 0 Å². The van der Waals surface area contributed by atoms with Crippen LogP contribution in [-0.2, 0) is 10.2 Å². The van der Waals surface area contributed by atoms with Gasteiger partial charge < -0.3 is 5.32 Å². The predicted octanol–water partition coefficient (Wildman–Crippen LogP) is 5.87. The molecule has 0 fully saturated rings. The first kappa shape index (κ1) is 24.2. The number of carbonyl (C=O) groups excluding carboxylic acids is 1. The van der Waals surface area contributed by atoms with Crippen LogP contribution in [0.25, 0.3) is 17.1 Å². The Hall–Kier alpha value is -3.98. The maximum atomic E-state index is 12.5. The molecule has 1 N–H and O–H groups in total. The summed E-state index contributed by atoms with van der Waals surface area (Å²) in [6, 6.07) is 23.8. The summed E-state index contributed by atoms with van der Waals surface area (Å²) < 4.78 is 1.94. The Morgan fingerprint density at radius 1 is 0.971 bits per heavy atom. The molecule has 0 atom stereocenters. The van der Waals surface area contributed by atoms with Gasteiger partial charge in [-0.15, -0.1) is 10.2 Å². The second-order valence-corrected chi connectivity index (χ2v) is 9.89. The van der Waals surface area contributed by atoms with Gasteiger partial charge in [0.25, 0.3) is 5.69 Å². The molecule has 0 saturated carbocycles. The topological polar surface area (TPSA) is 103 Å². The number of carbonyl (C=O) groups is 1. The molecule has 9 heteroatoms. The molecule has 3 aromatic carbocycles. The first-order valence-corrected chi connectivity index (χ1v) is 12.0. The van der Waals surface area contributed by atoms with Crippen molar-refractivity contribution in [3.05, 3.63) is 94.5 Å². The molecule has 1 aromatic heterocycles. The molecule has 0 aliphatic carbocycles. The van der Waals surface area contributed by atoms with Crippen LogP contribution >= 0.6 is 11.8 Å². The summed E-state index contributed by atoms with van der Waals surface area (Å²) >= 11 is 1.27. The summed E-state index contributed by atoms with van der Waals surface area (Å²) in [6.45, 7) is 6.51. The highest BCUT2D eigenvalue weighted by Gasteiger charge is 2.19. The second kappa shape index (κ2) is 10.1. The summed E-state index contributed by atoms with van der Waals surface area (Å²) in [5, 5.41) is 23.0. The van der Waals surface area contributed by atoms with E-state index in [9.17, 15) is 14.9 Å². The van der Waals surface area contributed by atoms with Crippen molar-refractivity contribution in [1.29, 1.82) is 0 Å². The van der Waals surface area contributed by atoms with Gasteiger partial charge in [0.15, 0.2) is 11.0 Å². The van der Waals surface area contributed by atoms with E-state index in [2.05, 4.69) is 48.4 Å². The van der Waals surface area contributed by atoms with Crippen LogP contribution in [0.5, 0.6) is 0 Å². The number of nitro benzene ring substituents is 1. The Kier molecular flexibility index (Phi) is 6.97. The summed E-state index contributed by atoms with van der Waals surface area (Å²) in [7, 11) is 0. The van der Waals surface area contributed by atoms with Crippen LogP contribution in [0.1, 0.15) is 26.3 Å². The SMILES string of the molecule is CC(C)(C)c1ccc(-c2nnc(SCC(=O)Nc3ccc([N+](=O)[O-])cc3)n2-c2ccccc2)cc1. The molecule has 4 aromatic rings. The van der Waals surface area contributed by atoms with Crippen LogP contribution in [0.4, 0.5) is 11.4 Å². The molecule has 8 nitrogen and oxygen atoms in total. The van der Waals surface area contributed by atoms with Gasteiger partial charge in [-0.05, 0) is 35.2 Å². The minimum atomic E-state index is -0.480. The van der Waals surface area contributed by atoms with Gasteiger partial charge in [0.1, 0.15) is 0 Å². The van der Waals surface area contributed by atoms with Crippen LogP contribution in [0, 0.1) is 10.1 Å². The zero-order valence-corrected chi connectivity index (χ0v) is 20.5. The quantitative estimate of drug-likeness (QED) is 0.199. The number of para-hydroxylation sites is 1. The highest BCUT2D eigenvalue weighted by molar-refractivity contribution is 7.99. The summed E-state index contributed by atoms with van der Waals surface area (Å²) in [5.41, 5.74) is 3.55. The third-order valence-corrected chi connectivity index (χ3v) is 6.28. The minimum absolute atomic E-state index is 0.0311. The molecule has 0 spiro atoms. The van der Waals surface area contributed by atoms with Crippen LogP contribution in [-0.4, -0.2) is 31.3 Å². The highest BCUT2D eigenvalue weighted by Crippen LogP contribution is 2.30. The third-order valence-electron chi connectivity index (χ3n) is 5.35. The number of amides is 1. The van der Waals surface area contributed by atoms with E-state index in [1.54, 1.807) is 0 Å². The van der Waals surface area contributed by atoms with Gasteiger partial charge in [-0.3, -0.25) is 19.5 Å². The molecular formula is C26H25N5O3S. The molecule has 0 bridgehead atoms. The molecule has 35 heavy (non-hydrogen) atoms. The number of thioether (sulfide) groups is 1. The van der Waals surface area contributed by atoms with Gasteiger partial charge in [-0.25, -0.2) is 0 Å². The van der Waals surface area contributed by atoms with Gasteiger partial charge in [0, 0.05) is 29.1 Å². The van der Waals surface area contributed by atoms with E-state index in [-0.39, 0.29) is 22.8 Å². The lowest BCUT2D eigenvalue weighted by Gasteiger charge is -2.19. The summed E-state index contributed by atoms with van der Waals surface area (Å²) in [4.78, 5) is 22.9. The lowest BCUT2D eigenvalue weighted by atomic mass is 9.87. The second-order valence-electron chi connectivity index (χ2n) is 8.95. The maximum absolute atomic E-state index is 12.5. The number of aromatic nitrogens is 3. The Balaban J connectivity index is 1.55. The smallest absolute Gasteiger partial charge is 0.269 e. The minimum Gasteiger partial charge on any atom is -0.325 e. The standard InChI is InChI=1S/C26H25N5O3S/c1-26(2,3)19-11-9-18(10-12-19)24-28-29-25(30(24)21-7-5-4-6-8-21)35-17-23(32)27-20-13-15-22(16-14-20)31(33)34/h4-16H,17H2,1-3H3,(H,27,32). The third kappa shape index (κ3) is 5.75. The highest BCUT2D eigenvalue weighted by atomic mass is 32.2. The van der Waals surface area contributed by atoms with E-state index in [0.717, 1.165) is 11.3 Å². The zero-order valence-electron chi connectivity index (χ0n) is 19.6. The molecule has 0 saturated heterocycles. The van der Waals surface area contributed by atoms with Crippen LogP contribution in [0.3, 0.4) is 0 Å². The summed E-state index contributed by atoms with van der Waals surface area (Å²) in [6.07, 6.45) is 0. The molecule has 0 aliphatic heterocycles. The van der Waals surface area contributed by atoms with Crippen molar-refractivity contribution in [3.63, 3.8) is 0 Å². The molecule has 178 valence electrons. The predicted molar refractivity (Wildman–Crippen MR) is 138 cm³/mol.